The number of hydrogen-bond acceptors (Lipinski definition) is 2. The van der Waals surface area contributed by atoms with Crippen LogP contribution < -0.4 is 5.46 Å². The van der Waals surface area contributed by atoms with E-state index in [-0.39, 0.29) is 5.41 Å². The molecule has 0 aliphatic heterocycles. The maximum absolute atomic E-state index is 4.24. The van der Waals surface area contributed by atoms with Crippen molar-refractivity contribution in [2.45, 2.75) is 26.2 Å². The molecule has 0 aliphatic carbocycles. The molecule has 0 unspecified atom stereocenters. The molecule has 0 spiro atoms. The van der Waals surface area contributed by atoms with Crippen LogP contribution in [0.1, 0.15) is 26.6 Å². The van der Waals surface area contributed by atoms with Crippen molar-refractivity contribution in [2.75, 3.05) is 0 Å². The van der Waals surface area contributed by atoms with Gasteiger partial charge in [-0.2, -0.15) is 0 Å². The fourth-order valence-electron chi connectivity index (χ4n) is 0.780. The van der Waals surface area contributed by atoms with Gasteiger partial charge in [0.1, 0.15) is 13.7 Å². The zero-order valence-corrected chi connectivity index (χ0v) is 7.55. The van der Waals surface area contributed by atoms with Crippen molar-refractivity contribution in [3.63, 3.8) is 0 Å². The Morgan fingerprint density at radius 2 is 1.64 bits per heavy atom. The van der Waals surface area contributed by atoms with Gasteiger partial charge in [0.15, 0.2) is 0 Å². The lowest BCUT2D eigenvalue weighted by Crippen LogP contribution is -2.18. The summed E-state index contributed by atoms with van der Waals surface area (Å²) in [5.41, 5.74) is 1.17. The first kappa shape index (κ1) is 8.24. The summed E-state index contributed by atoms with van der Waals surface area (Å²) in [4.78, 5) is 8.48. The smallest absolute Gasteiger partial charge is 0.143 e. The second kappa shape index (κ2) is 2.64. The molecule has 0 atom stereocenters. The van der Waals surface area contributed by atoms with Gasteiger partial charge in [-0.25, -0.2) is 9.97 Å². The third kappa shape index (κ3) is 2.04. The van der Waals surface area contributed by atoms with Crippen molar-refractivity contribution < 1.29 is 0 Å². The minimum atomic E-state index is 0.0632. The molecule has 0 fully saturated rings. The van der Waals surface area contributed by atoms with Gasteiger partial charge in [-0.15, -0.1) is 0 Å². The SMILES string of the molecule is Bc1cnc(C(C)(C)C)nc1. The Bertz CT molecular complexity index is 235. The average molecular weight is 148 g/mol. The molecule has 1 rings (SSSR count). The fraction of sp³-hybridized carbons (Fsp3) is 0.500. The number of nitrogens with zero attached hydrogens (tertiary/aromatic N) is 2. The van der Waals surface area contributed by atoms with Gasteiger partial charge in [-0.3, -0.25) is 0 Å². The van der Waals surface area contributed by atoms with E-state index in [1.54, 1.807) is 0 Å². The molecule has 0 radical (unpaired) electrons. The van der Waals surface area contributed by atoms with Crippen LogP contribution in [0.5, 0.6) is 0 Å². The second-order valence-corrected chi connectivity index (χ2v) is 3.83. The van der Waals surface area contributed by atoms with Crippen LogP contribution in [0.15, 0.2) is 12.4 Å². The molecule has 58 valence electrons. The minimum Gasteiger partial charge on any atom is -0.241 e. The topological polar surface area (TPSA) is 25.8 Å². The van der Waals surface area contributed by atoms with Crippen LogP contribution in [-0.2, 0) is 5.41 Å². The number of rotatable bonds is 0. The molecular formula is C8H13BN2. The van der Waals surface area contributed by atoms with E-state index in [1.165, 1.54) is 0 Å². The van der Waals surface area contributed by atoms with Gasteiger partial charge in [0.25, 0.3) is 0 Å². The fourth-order valence-corrected chi connectivity index (χ4v) is 0.780. The summed E-state index contributed by atoms with van der Waals surface area (Å²) in [6.45, 7) is 6.33. The Balaban J connectivity index is 2.99. The van der Waals surface area contributed by atoms with E-state index in [0.29, 0.717) is 0 Å². The maximum Gasteiger partial charge on any atom is 0.143 e. The summed E-state index contributed by atoms with van der Waals surface area (Å²) in [7, 11) is 1.99. The average Bonchev–Trinajstić information content (AvgIpc) is 1.86. The van der Waals surface area contributed by atoms with Crippen LogP contribution in [0.2, 0.25) is 0 Å². The van der Waals surface area contributed by atoms with Gasteiger partial charge in [0.05, 0.1) is 0 Å². The molecule has 0 amide bonds. The van der Waals surface area contributed by atoms with Crippen molar-refractivity contribution in [2.24, 2.45) is 0 Å². The highest BCUT2D eigenvalue weighted by Crippen LogP contribution is 2.15. The molecule has 3 heteroatoms. The summed E-state index contributed by atoms with van der Waals surface area (Å²) >= 11 is 0. The molecule has 0 aromatic carbocycles. The van der Waals surface area contributed by atoms with E-state index in [9.17, 15) is 0 Å². The minimum absolute atomic E-state index is 0.0632. The lowest BCUT2D eigenvalue weighted by molar-refractivity contribution is 0.545. The Morgan fingerprint density at radius 3 is 2.00 bits per heavy atom. The zero-order valence-electron chi connectivity index (χ0n) is 7.55. The van der Waals surface area contributed by atoms with Crippen LogP contribution in [0.4, 0.5) is 0 Å². The summed E-state index contributed by atoms with van der Waals surface area (Å²) in [6.07, 6.45) is 3.71. The summed E-state index contributed by atoms with van der Waals surface area (Å²) in [5, 5.41) is 0. The van der Waals surface area contributed by atoms with E-state index >= 15 is 0 Å². The monoisotopic (exact) mass is 148 g/mol. The van der Waals surface area contributed by atoms with Crippen molar-refractivity contribution in [1.82, 2.24) is 9.97 Å². The predicted octanol–water partition coefficient (Wildman–Crippen LogP) is 0.0325. The Labute approximate surface area is 68.5 Å². The number of aromatic nitrogens is 2. The standard InChI is InChI=1S/C8H13BN2/c1-8(2,3)7-10-4-6(9)5-11-7/h4-5H,9H2,1-3H3. The molecule has 0 saturated carbocycles. The van der Waals surface area contributed by atoms with Gasteiger partial charge in [0, 0.05) is 17.8 Å². The third-order valence-electron chi connectivity index (χ3n) is 1.45. The summed E-state index contributed by atoms with van der Waals surface area (Å²) < 4.78 is 0. The van der Waals surface area contributed by atoms with Gasteiger partial charge in [-0.05, 0) is 0 Å². The van der Waals surface area contributed by atoms with Crippen LogP contribution in [0, 0.1) is 0 Å². The van der Waals surface area contributed by atoms with Gasteiger partial charge >= 0.3 is 0 Å². The van der Waals surface area contributed by atoms with E-state index in [1.807, 2.05) is 20.2 Å². The van der Waals surface area contributed by atoms with Gasteiger partial charge in [0.2, 0.25) is 0 Å². The lowest BCUT2D eigenvalue weighted by atomic mass is 9.94. The molecule has 0 aliphatic rings. The molecule has 2 nitrogen and oxygen atoms in total. The molecule has 1 aromatic heterocycles. The summed E-state index contributed by atoms with van der Waals surface area (Å²) in [6, 6.07) is 0. The van der Waals surface area contributed by atoms with E-state index in [4.69, 9.17) is 0 Å². The normalized spacial score (nSPS) is 11.5. The molecular weight excluding hydrogens is 135 g/mol. The molecule has 0 saturated heterocycles. The Morgan fingerprint density at radius 1 is 1.18 bits per heavy atom. The third-order valence-corrected chi connectivity index (χ3v) is 1.45. The Kier molecular flexibility index (Phi) is 1.98. The highest BCUT2D eigenvalue weighted by Gasteiger charge is 2.15. The highest BCUT2D eigenvalue weighted by molar-refractivity contribution is 6.31. The Hall–Kier alpha value is -0.855. The lowest BCUT2D eigenvalue weighted by Gasteiger charge is -2.15. The number of hydrogen-bond donors (Lipinski definition) is 0. The highest BCUT2D eigenvalue weighted by atomic mass is 14.9. The largest absolute Gasteiger partial charge is 0.241 e. The van der Waals surface area contributed by atoms with Crippen molar-refractivity contribution in [3.05, 3.63) is 18.2 Å². The van der Waals surface area contributed by atoms with Crippen LogP contribution in [0.25, 0.3) is 0 Å². The first-order valence-corrected chi connectivity index (χ1v) is 3.79. The van der Waals surface area contributed by atoms with Crippen LogP contribution in [0.3, 0.4) is 0 Å². The van der Waals surface area contributed by atoms with Gasteiger partial charge in [-0.1, -0.05) is 26.2 Å². The molecule has 0 bridgehead atoms. The second-order valence-electron chi connectivity index (χ2n) is 3.83. The predicted molar refractivity (Wildman–Crippen MR) is 48.9 cm³/mol. The van der Waals surface area contributed by atoms with E-state index in [2.05, 4.69) is 30.7 Å². The van der Waals surface area contributed by atoms with Crippen LogP contribution in [-0.4, -0.2) is 17.8 Å². The quantitative estimate of drug-likeness (QED) is 0.485. The van der Waals surface area contributed by atoms with E-state index < -0.39 is 0 Å². The summed E-state index contributed by atoms with van der Waals surface area (Å²) in [5.74, 6) is 0.906. The van der Waals surface area contributed by atoms with Gasteiger partial charge < -0.3 is 0 Å². The van der Waals surface area contributed by atoms with Crippen LogP contribution >= 0.6 is 0 Å². The van der Waals surface area contributed by atoms with Crippen molar-refractivity contribution in [3.8, 4) is 0 Å². The first-order valence-electron chi connectivity index (χ1n) is 3.79. The molecule has 1 heterocycles. The molecule has 0 N–H and O–H groups in total. The molecule has 11 heavy (non-hydrogen) atoms. The van der Waals surface area contributed by atoms with Crippen molar-refractivity contribution >= 4 is 13.3 Å². The molecule has 1 aromatic rings. The maximum atomic E-state index is 4.24. The first-order chi connectivity index (χ1) is 5.00. The van der Waals surface area contributed by atoms with Crippen molar-refractivity contribution in [1.29, 1.82) is 0 Å². The van der Waals surface area contributed by atoms with E-state index in [0.717, 1.165) is 11.3 Å². The zero-order chi connectivity index (χ0) is 8.48.